The number of pyridine rings is 2. The van der Waals surface area contributed by atoms with Gasteiger partial charge >= 0.3 is 18.0 Å². The van der Waals surface area contributed by atoms with Crippen LogP contribution in [0.2, 0.25) is 0 Å². The van der Waals surface area contributed by atoms with Crippen LogP contribution in [0.4, 0.5) is 9.18 Å². The van der Waals surface area contributed by atoms with E-state index in [1.165, 1.54) is 69.1 Å². The molecule has 0 bridgehead atoms. The predicted molar refractivity (Wildman–Crippen MR) is 299 cm³/mol. The molecular weight excluding hydrogens is 1100 g/mol. The van der Waals surface area contributed by atoms with Gasteiger partial charge in [0.05, 0.1) is 75.7 Å². The Balaban J connectivity index is 0.748. The van der Waals surface area contributed by atoms with E-state index in [2.05, 4.69) is 5.32 Å². The summed E-state index contributed by atoms with van der Waals surface area (Å²) in [5.74, 6) is -6.17. The van der Waals surface area contributed by atoms with Crippen LogP contribution in [0.1, 0.15) is 111 Å². The normalized spacial score (nSPS) is 17.9. The lowest BCUT2D eigenvalue weighted by Crippen LogP contribution is -2.50. The SMILES string of the molecule is CC[C@@]1(OC(=O)CC(C)(C)CNC(=O)ON2CCN(C(=O)c3ccc(C(=O)C(CS(=O)(=O)c4ccc(C)cc4)CS(=O)(=O)c4ccc(C)cc4)cc3)CC2)C(=O)OCc2c1cc1n(c2=O)Cc2c-1nc1cc(F)c(C)c3c1c2[C@@H](N)CC3. The average molecular weight is 1160 g/mol. The van der Waals surface area contributed by atoms with E-state index in [1.54, 1.807) is 71.9 Å². The van der Waals surface area contributed by atoms with Crippen LogP contribution < -0.4 is 16.6 Å². The number of ketones is 1. The first-order chi connectivity index (χ1) is 38.8. The third-order valence-corrected chi connectivity index (χ3v) is 19.8. The Morgan fingerprint density at radius 1 is 0.841 bits per heavy atom. The minimum Gasteiger partial charge on any atom is -0.457 e. The van der Waals surface area contributed by atoms with Crippen LogP contribution in [-0.4, -0.2) is 110 Å². The molecule has 430 valence electrons. The Kier molecular flexibility index (Phi) is 15.4. The molecule has 3 N–H and O–H groups in total. The molecule has 5 heterocycles. The lowest BCUT2D eigenvalue weighted by Gasteiger charge is -2.36. The number of nitrogens with one attached hydrogen (secondary N) is 1. The van der Waals surface area contributed by atoms with Crippen molar-refractivity contribution in [1.82, 2.24) is 24.8 Å². The van der Waals surface area contributed by atoms with Crippen molar-refractivity contribution >= 4 is 60.3 Å². The molecule has 2 aromatic heterocycles. The number of aryl methyl sites for hydroxylation is 3. The molecule has 4 aliphatic rings. The molecule has 4 aromatic carbocycles. The van der Waals surface area contributed by atoms with E-state index in [9.17, 15) is 45.6 Å². The van der Waals surface area contributed by atoms with Crippen LogP contribution in [0, 0.1) is 37.9 Å². The molecule has 3 aliphatic heterocycles. The van der Waals surface area contributed by atoms with Gasteiger partial charge in [-0.05, 0) is 105 Å². The highest BCUT2D eigenvalue weighted by atomic mass is 32.2. The van der Waals surface area contributed by atoms with Crippen LogP contribution in [-0.2, 0) is 68.7 Å². The number of rotatable bonds is 16. The fourth-order valence-corrected chi connectivity index (χ4v) is 14.7. The zero-order valence-corrected chi connectivity index (χ0v) is 47.9. The molecule has 1 aliphatic carbocycles. The van der Waals surface area contributed by atoms with E-state index in [0.29, 0.717) is 35.3 Å². The molecule has 0 spiro atoms. The number of hydroxylamine groups is 2. The standard InChI is InChI=1S/C60H63FN6O13S2/c1-7-60(45-26-49-53-43(29-67(49)56(71)44(45)30-78-57(60)72)51-47(62)21-20-42-36(4)46(61)27-48(64-53)52(42)51)79-50(68)28-59(5,6)33-63-58(73)80-66-24-22-65(23-25-66)55(70)38-14-12-37(13-15-38)54(69)39(31-81(74,75)40-16-8-34(2)9-17-40)32-82(76,77)41-18-10-35(3)11-19-41/h8-19,26-27,39,47H,7,20-25,28-33,62H2,1-6H3,(H,63,73)/t47-,60-/m0/s1. The highest BCUT2D eigenvalue weighted by Crippen LogP contribution is 2.46. The first kappa shape index (κ1) is 57.6. The number of aromatic nitrogens is 2. The number of sulfone groups is 2. The molecule has 0 unspecified atom stereocenters. The number of cyclic esters (lactones) is 1. The van der Waals surface area contributed by atoms with Crippen LogP contribution in [0.15, 0.2) is 99.5 Å². The van der Waals surface area contributed by atoms with Gasteiger partial charge in [0.25, 0.3) is 11.5 Å². The number of piperazine rings is 1. The molecule has 0 radical (unpaired) electrons. The van der Waals surface area contributed by atoms with E-state index in [-0.39, 0.29) is 103 Å². The second-order valence-electron chi connectivity index (χ2n) is 22.5. The van der Waals surface area contributed by atoms with E-state index >= 15 is 4.39 Å². The number of esters is 2. The third kappa shape index (κ3) is 11.0. The summed E-state index contributed by atoms with van der Waals surface area (Å²) in [6.07, 6.45) is -0.0173. The summed E-state index contributed by atoms with van der Waals surface area (Å²) in [4.78, 5) is 94.9. The van der Waals surface area contributed by atoms with Crippen molar-refractivity contribution in [1.29, 1.82) is 0 Å². The summed E-state index contributed by atoms with van der Waals surface area (Å²) >= 11 is 0. The molecule has 1 saturated heterocycles. The van der Waals surface area contributed by atoms with Gasteiger partial charge in [-0.15, -0.1) is 5.06 Å². The van der Waals surface area contributed by atoms with Crippen molar-refractivity contribution in [3.05, 3.63) is 157 Å². The Labute approximate surface area is 473 Å². The number of Topliss-reactive ketones (excluding diaryl/α,β-unsaturated/α-hetero) is 1. The number of fused-ring (bicyclic) bond motifs is 5. The first-order valence-corrected chi connectivity index (χ1v) is 30.4. The summed E-state index contributed by atoms with van der Waals surface area (Å²) in [5.41, 5.74) is 9.68. The summed E-state index contributed by atoms with van der Waals surface area (Å²) in [7, 11) is -8.24. The van der Waals surface area contributed by atoms with Crippen LogP contribution in [0.25, 0.3) is 22.3 Å². The second kappa shape index (κ2) is 21.9. The predicted octanol–water partition coefficient (Wildman–Crippen LogP) is 6.90. The Morgan fingerprint density at radius 2 is 1.44 bits per heavy atom. The minimum absolute atomic E-state index is 0.0259. The van der Waals surface area contributed by atoms with Gasteiger partial charge in [-0.25, -0.2) is 35.8 Å². The maximum atomic E-state index is 15.2. The average Bonchev–Trinajstić information content (AvgIpc) is 3.48. The van der Waals surface area contributed by atoms with E-state index in [1.807, 2.05) is 0 Å². The molecule has 22 heteroatoms. The van der Waals surface area contributed by atoms with Crippen molar-refractivity contribution < 1.29 is 59.5 Å². The summed E-state index contributed by atoms with van der Waals surface area (Å²) < 4.78 is 82.8. The zero-order chi connectivity index (χ0) is 58.8. The maximum absolute atomic E-state index is 15.2. The second-order valence-corrected chi connectivity index (χ2v) is 26.6. The largest absolute Gasteiger partial charge is 0.457 e. The number of amides is 2. The Morgan fingerprint density at radius 3 is 2.04 bits per heavy atom. The molecule has 6 aromatic rings. The van der Waals surface area contributed by atoms with Crippen molar-refractivity contribution in [2.45, 2.75) is 102 Å². The van der Waals surface area contributed by atoms with Crippen molar-refractivity contribution in [3.8, 4) is 11.4 Å². The summed E-state index contributed by atoms with van der Waals surface area (Å²) in [5, 5.41) is 4.85. The number of carbonyl (C=O) groups is 5. The number of nitrogens with zero attached hydrogens (tertiary/aromatic N) is 4. The van der Waals surface area contributed by atoms with Crippen LogP contribution in [0.5, 0.6) is 0 Å². The van der Waals surface area contributed by atoms with Crippen molar-refractivity contribution in [2.24, 2.45) is 17.1 Å². The topological polar surface area (TPSA) is 261 Å². The number of nitrogens with two attached hydrogens (primary N) is 1. The van der Waals surface area contributed by atoms with Gasteiger partial charge in [-0.1, -0.05) is 68.3 Å². The van der Waals surface area contributed by atoms with Gasteiger partial charge in [0, 0.05) is 59.4 Å². The molecule has 82 heavy (non-hydrogen) atoms. The minimum atomic E-state index is -4.12. The number of hydrogen-bond acceptors (Lipinski definition) is 16. The third-order valence-electron chi connectivity index (χ3n) is 16.1. The lowest BCUT2D eigenvalue weighted by atomic mass is 9.82. The fraction of sp³-hybridized carbons (Fsp3) is 0.383. The van der Waals surface area contributed by atoms with E-state index < -0.39 is 83.3 Å². The van der Waals surface area contributed by atoms with Gasteiger partial charge in [0.1, 0.15) is 12.4 Å². The number of hydrogen-bond donors (Lipinski definition) is 2. The fourth-order valence-electron chi connectivity index (χ4n) is 11.5. The zero-order valence-electron chi connectivity index (χ0n) is 46.3. The number of halogens is 1. The highest BCUT2D eigenvalue weighted by Gasteiger charge is 2.51. The molecule has 1 fully saturated rings. The molecule has 10 rings (SSSR count). The van der Waals surface area contributed by atoms with Crippen molar-refractivity contribution in [3.63, 3.8) is 0 Å². The van der Waals surface area contributed by atoms with Gasteiger partial charge < -0.3 is 34.8 Å². The van der Waals surface area contributed by atoms with Crippen LogP contribution in [0.3, 0.4) is 0 Å². The smallest absolute Gasteiger partial charge is 0.426 e. The van der Waals surface area contributed by atoms with E-state index in [0.717, 1.165) is 33.2 Å². The summed E-state index contributed by atoms with van der Waals surface area (Å²) in [6, 6.07) is 20.3. The first-order valence-electron chi connectivity index (χ1n) is 27.1. The Bertz CT molecular complexity index is 3840. The highest BCUT2D eigenvalue weighted by molar-refractivity contribution is 7.92. The molecule has 2 amide bonds. The summed E-state index contributed by atoms with van der Waals surface area (Å²) in [6.45, 7) is 10.7. The molecule has 2 atom stereocenters. The quantitative estimate of drug-likeness (QED) is 0.0736. The van der Waals surface area contributed by atoms with Crippen molar-refractivity contribution in [2.75, 3.05) is 44.2 Å². The number of benzene rings is 4. The van der Waals surface area contributed by atoms with Gasteiger partial charge in [-0.3, -0.25) is 19.2 Å². The van der Waals surface area contributed by atoms with Gasteiger partial charge in [-0.2, -0.15) is 0 Å². The van der Waals surface area contributed by atoms with Gasteiger partial charge in [0.2, 0.25) is 5.60 Å². The molecule has 0 saturated carbocycles. The number of ether oxygens (including phenoxy) is 2. The van der Waals surface area contributed by atoms with E-state index in [4.69, 9.17) is 25.0 Å². The number of carbonyl (C=O) groups excluding carboxylic acids is 5. The Hall–Kier alpha value is -7.66. The lowest BCUT2D eigenvalue weighted by molar-refractivity contribution is -0.190. The van der Waals surface area contributed by atoms with Gasteiger partial charge in [0.15, 0.2) is 25.5 Å². The monoisotopic (exact) mass is 1160 g/mol. The van der Waals surface area contributed by atoms with Crippen LogP contribution >= 0.6 is 0 Å². The molecular formula is C60H63FN6O13S2. The maximum Gasteiger partial charge on any atom is 0.426 e. The molecule has 19 nitrogen and oxygen atoms in total.